The zero-order chi connectivity index (χ0) is 14.4. The Morgan fingerprint density at radius 1 is 1.19 bits per heavy atom. The molecule has 21 heavy (non-hydrogen) atoms. The minimum atomic E-state index is -0.553. The lowest BCUT2D eigenvalue weighted by Gasteiger charge is -2.25. The van der Waals surface area contributed by atoms with Crippen LogP contribution in [0.25, 0.3) is 0 Å². The van der Waals surface area contributed by atoms with Gasteiger partial charge in [-0.15, -0.1) is 11.8 Å². The number of hydrogen-bond acceptors (Lipinski definition) is 7. The van der Waals surface area contributed by atoms with Crippen molar-refractivity contribution >= 4 is 23.3 Å². The summed E-state index contributed by atoms with van der Waals surface area (Å²) in [5, 5.41) is 3.02. The van der Waals surface area contributed by atoms with Crippen LogP contribution in [0.5, 0.6) is 0 Å². The maximum Gasteiger partial charge on any atom is 0.229 e. The number of fused-ring (bicyclic) bond motifs is 1. The molecule has 1 saturated heterocycles. The summed E-state index contributed by atoms with van der Waals surface area (Å²) in [7, 11) is 0. The Morgan fingerprint density at radius 3 is 2.81 bits per heavy atom. The number of pyridine rings is 1. The fourth-order valence-electron chi connectivity index (χ4n) is 2.58. The summed E-state index contributed by atoms with van der Waals surface area (Å²) in [5.41, 5.74) is 1.45. The van der Waals surface area contributed by atoms with Gasteiger partial charge in [-0.05, 0) is 12.1 Å². The summed E-state index contributed by atoms with van der Waals surface area (Å²) in [6, 6.07) is 3.33. The summed E-state index contributed by atoms with van der Waals surface area (Å²) in [6.07, 6.45) is -0.553. The van der Waals surface area contributed by atoms with Gasteiger partial charge in [0.2, 0.25) is 17.9 Å². The molecule has 3 heterocycles. The average Bonchev–Trinajstić information content (AvgIpc) is 3.06. The first-order chi connectivity index (χ1) is 10.3. The Morgan fingerprint density at radius 2 is 2.00 bits per heavy atom. The number of ether oxygens (including phenoxy) is 2. The van der Waals surface area contributed by atoms with E-state index in [-0.39, 0.29) is 17.3 Å². The molecule has 4 rings (SSSR count). The predicted molar refractivity (Wildman–Crippen MR) is 75.0 cm³/mol. The second-order valence-electron chi connectivity index (χ2n) is 4.84. The maximum atomic E-state index is 12.5. The van der Waals surface area contributed by atoms with Gasteiger partial charge in [0, 0.05) is 12.3 Å². The second-order valence-corrected chi connectivity index (χ2v) is 5.95. The smallest absolute Gasteiger partial charge is 0.229 e. The molecule has 3 aliphatic rings. The number of allylic oxidation sites excluding steroid dienone is 2. The van der Waals surface area contributed by atoms with Gasteiger partial charge in [-0.3, -0.25) is 9.59 Å². The van der Waals surface area contributed by atoms with E-state index in [1.54, 1.807) is 12.1 Å². The van der Waals surface area contributed by atoms with Crippen LogP contribution >= 0.6 is 11.8 Å². The Bertz CT molecular complexity index is 680. The third-order valence-corrected chi connectivity index (χ3v) is 4.64. The van der Waals surface area contributed by atoms with Crippen LogP contribution < -0.4 is 5.32 Å². The summed E-state index contributed by atoms with van der Waals surface area (Å²) >= 11 is 1.42. The molecule has 0 bridgehead atoms. The van der Waals surface area contributed by atoms with E-state index in [0.29, 0.717) is 41.6 Å². The van der Waals surface area contributed by atoms with E-state index in [1.807, 2.05) is 0 Å². The molecule has 0 aromatic carbocycles. The van der Waals surface area contributed by atoms with Crippen molar-refractivity contribution in [2.75, 3.05) is 25.5 Å². The third-order valence-electron chi connectivity index (χ3n) is 3.55. The summed E-state index contributed by atoms with van der Waals surface area (Å²) < 4.78 is 10.8. The molecule has 6 nitrogen and oxygen atoms in total. The zero-order valence-electron chi connectivity index (χ0n) is 11.0. The number of rotatable bonds is 1. The Kier molecular flexibility index (Phi) is 3.06. The topological polar surface area (TPSA) is 77.5 Å². The molecular formula is C14H12N2O4S. The number of ketones is 2. The zero-order valence-corrected chi connectivity index (χ0v) is 11.9. The minimum Gasteiger partial charge on any atom is -0.380 e. The van der Waals surface area contributed by atoms with E-state index in [1.165, 1.54) is 11.8 Å². The fraction of sp³-hybridized carbons (Fsp3) is 0.357. The van der Waals surface area contributed by atoms with Crippen molar-refractivity contribution in [3.05, 3.63) is 39.7 Å². The number of carbonyl (C=O) groups is 2. The van der Waals surface area contributed by atoms with Crippen LogP contribution in [-0.4, -0.2) is 42.1 Å². The molecule has 7 heteroatoms. The van der Waals surface area contributed by atoms with Crippen molar-refractivity contribution in [3.8, 4) is 0 Å². The van der Waals surface area contributed by atoms with Crippen LogP contribution in [0, 0.1) is 0 Å². The predicted octanol–water partition coefficient (Wildman–Crippen LogP) is 1.05. The number of Topliss-reactive ketones (excluding diaryl/α,β-unsaturated/α-hetero) is 2. The molecule has 0 saturated carbocycles. The molecule has 2 aliphatic heterocycles. The van der Waals surface area contributed by atoms with Gasteiger partial charge in [0.15, 0.2) is 0 Å². The van der Waals surface area contributed by atoms with E-state index in [2.05, 4.69) is 10.3 Å². The number of nitrogens with zero attached hydrogens (tertiary/aromatic N) is 1. The molecule has 0 amide bonds. The van der Waals surface area contributed by atoms with Gasteiger partial charge in [0.1, 0.15) is 11.4 Å². The Balaban J connectivity index is 1.79. The highest BCUT2D eigenvalue weighted by Crippen LogP contribution is 2.34. The van der Waals surface area contributed by atoms with Crippen LogP contribution in [0.4, 0.5) is 0 Å². The molecule has 1 fully saturated rings. The summed E-state index contributed by atoms with van der Waals surface area (Å²) in [6.45, 7) is 1.68. The normalized spacial score (nSPS) is 22.1. The molecular weight excluding hydrogens is 292 g/mol. The summed E-state index contributed by atoms with van der Waals surface area (Å²) in [5.74, 6) is 0.415. The fourth-order valence-corrected chi connectivity index (χ4v) is 3.53. The van der Waals surface area contributed by atoms with Crippen molar-refractivity contribution in [2.24, 2.45) is 0 Å². The molecule has 1 aromatic rings. The molecule has 1 aromatic heterocycles. The van der Waals surface area contributed by atoms with Gasteiger partial charge in [0.25, 0.3) is 0 Å². The number of nitrogens with one attached hydrogen (secondary N) is 1. The van der Waals surface area contributed by atoms with Crippen LogP contribution in [0.1, 0.15) is 32.8 Å². The lowest BCUT2D eigenvalue weighted by Crippen LogP contribution is -2.35. The van der Waals surface area contributed by atoms with E-state index < -0.39 is 6.29 Å². The van der Waals surface area contributed by atoms with Crippen LogP contribution in [0.15, 0.2) is 22.7 Å². The number of hydrogen-bond donors (Lipinski definition) is 1. The lowest BCUT2D eigenvalue weighted by molar-refractivity contribution is -0.0473. The summed E-state index contributed by atoms with van der Waals surface area (Å²) in [4.78, 5) is 29.8. The molecule has 108 valence electrons. The van der Waals surface area contributed by atoms with Crippen molar-refractivity contribution in [3.63, 3.8) is 0 Å². The minimum absolute atomic E-state index is 0.135. The maximum absolute atomic E-state index is 12.5. The highest BCUT2D eigenvalue weighted by molar-refractivity contribution is 8.04. The quantitative estimate of drug-likeness (QED) is 0.831. The van der Waals surface area contributed by atoms with Crippen molar-refractivity contribution in [2.45, 2.75) is 6.29 Å². The van der Waals surface area contributed by atoms with E-state index in [4.69, 9.17) is 9.47 Å². The molecule has 0 atom stereocenters. The van der Waals surface area contributed by atoms with Gasteiger partial charge in [-0.25, -0.2) is 4.98 Å². The highest BCUT2D eigenvalue weighted by atomic mass is 32.2. The van der Waals surface area contributed by atoms with Crippen LogP contribution in [-0.2, 0) is 9.47 Å². The largest absolute Gasteiger partial charge is 0.380 e. The van der Waals surface area contributed by atoms with Crippen LogP contribution in [0.2, 0.25) is 0 Å². The van der Waals surface area contributed by atoms with Crippen LogP contribution in [0.3, 0.4) is 0 Å². The molecule has 1 N–H and O–H groups in total. The van der Waals surface area contributed by atoms with Crippen molar-refractivity contribution in [1.29, 1.82) is 0 Å². The monoisotopic (exact) mass is 304 g/mol. The SMILES string of the molecule is O=C1C2=C(NCCS2)C(=O)c2nc(C3OCCO3)ccc21. The first-order valence-corrected chi connectivity index (χ1v) is 7.69. The van der Waals surface area contributed by atoms with Gasteiger partial charge < -0.3 is 14.8 Å². The lowest BCUT2D eigenvalue weighted by atomic mass is 9.96. The number of aromatic nitrogens is 1. The average molecular weight is 304 g/mol. The number of carbonyl (C=O) groups excluding carboxylic acids is 2. The van der Waals surface area contributed by atoms with E-state index >= 15 is 0 Å². The standard InChI is InChI=1S/C14H12N2O4S/c17-11-7-1-2-8(14-19-4-5-20-14)16-9(7)12(18)10-13(11)21-6-3-15-10/h1-2,14-15H,3-6H2. The second kappa shape index (κ2) is 4.94. The Hall–Kier alpha value is -1.70. The first kappa shape index (κ1) is 13.0. The first-order valence-electron chi connectivity index (χ1n) is 6.70. The van der Waals surface area contributed by atoms with Gasteiger partial charge >= 0.3 is 0 Å². The molecule has 0 radical (unpaired) electrons. The van der Waals surface area contributed by atoms with Crippen molar-refractivity contribution < 1.29 is 19.1 Å². The molecule has 1 aliphatic carbocycles. The highest BCUT2D eigenvalue weighted by Gasteiger charge is 2.36. The molecule has 0 spiro atoms. The van der Waals surface area contributed by atoms with Gasteiger partial charge in [0.05, 0.1) is 29.4 Å². The van der Waals surface area contributed by atoms with E-state index in [9.17, 15) is 9.59 Å². The number of thioether (sulfide) groups is 1. The van der Waals surface area contributed by atoms with Crippen molar-refractivity contribution in [1.82, 2.24) is 10.3 Å². The van der Waals surface area contributed by atoms with Gasteiger partial charge in [-0.1, -0.05) is 0 Å². The van der Waals surface area contributed by atoms with Gasteiger partial charge in [-0.2, -0.15) is 0 Å². The van der Waals surface area contributed by atoms with E-state index in [0.717, 1.165) is 5.75 Å². The molecule has 0 unspecified atom stereocenters. The third kappa shape index (κ3) is 2.00. The Labute approximate surface area is 124 Å².